The number of amides is 1. The van der Waals surface area contributed by atoms with Crippen LogP contribution in [0.15, 0.2) is 48.5 Å². The molecule has 5 nitrogen and oxygen atoms in total. The SMILES string of the molecule is O=C(O)BNC(=O)OCC1c2ccccc2-c2ccccc21. The molecule has 22 heavy (non-hydrogen) atoms. The Labute approximate surface area is 128 Å². The second-order valence-electron chi connectivity index (χ2n) is 5.07. The average Bonchev–Trinajstić information content (AvgIpc) is 2.85. The fourth-order valence-corrected chi connectivity index (χ4v) is 2.80. The summed E-state index contributed by atoms with van der Waals surface area (Å²) >= 11 is 0. The highest BCUT2D eigenvalue weighted by Gasteiger charge is 2.28. The van der Waals surface area contributed by atoms with Crippen molar-refractivity contribution in [2.75, 3.05) is 6.61 Å². The minimum absolute atomic E-state index is 0.0250. The van der Waals surface area contributed by atoms with Gasteiger partial charge in [-0.1, -0.05) is 48.5 Å². The average molecular weight is 295 g/mol. The summed E-state index contributed by atoms with van der Waals surface area (Å²) in [5.74, 6) is -1.13. The van der Waals surface area contributed by atoms with Gasteiger partial charge in [0.2, 0.25) is 0 Å². The van der Waals surface area contributed by atoms with Gasteiger partial charge in [-0.3, -0.25) is 4.79 Å². The van der Waals surface area contributed by atoms with Gasteiger partial charge in [0.05, 0.1) is 0 Å². The van der Waals surface area contributed by atoms with Crippen molar-refractivity contribution in [2.24, 2.45) is 0 Å². The first kappa shape index (κ1) is 14.2. The lowest BCUT2D eigenvalue weighted by atomic mass is 9.96. The van der Waals surface area contributed by atoms with Crippen molar-refractivity contribution in [1.82, 2.24) is 5.23 Å². The third kappa shape index (κ3) is 2.68. The summed E-state index contributed by atoms with van der Waals surface area (Å²) < 4.78 is 5.18. The van der Waals surface area contributed by atoms with Crippen LogP contribution in [0.3, 0.4) is 0 Å². The van der Waals surface area contributed by atoms with E-state index in [1.165, 1.54) is 0 Å². The van der Waals surface area contributed by atoms with Crippen LogP contribution in [-0.4, -0.2) is 31.1 Å². The summed E-state index contributed by atoms with van der Waals surface area (Å²) in [5, 5.41) is 10.7. The molecule has 0 heterocycles. The van der Waals surface area contributed by atoms with Crippen molar-refractivity contribution in [3.8, 4) is 11.1 Å². The van der Waals surface area contributed by atoms with Gasteiger partial charge in [-0.2, -0.15) is 0 Å². The van der Waals surface area contributed by atoms with E-state index in [2.05, 4.69) is 17.4 Å². The number of carboxylic acid groups (broad SMARTS) is 1. The Hall–Kier alpha value is -2.76. The Morgan fingerprint density at radius 2 is 1.59 bits per heavy atom. The maximum absolute atomic E-state index is 11.5. The Balaban J connectivity index is 1.77. The number of carbonyl (C=O) groups excluding carboxylic acids is 1. The molecule has 0 aliphatic heterocycles. The van der Waals surface area contributed by atoms with Crippen LogP contribution >= 0.6 is 0 Å². The molecule has 2 aromatic carbocycles. The molecule has 0 aromatic heterocycles. The first-order valence-electron chi connectivity index (χ1n) is 6.97. The molecule has 110 valence electrons. The molecule has 1 amide bonds. The van der Waals surface area contributed by atoms with E-state index in [0.717, 1.165) is 22.3 Å². The summed E-state index contributed by atoms with van der Waals surface area (Å²) in [5.41, 5.74) is 4.54. The number of benzene rings is 2. The number of hydrogen-bond donors (Lipinski definition) is 2. The number of ether oxygens (including phenoxy) is 1. The molecule has 0 spiro atoms. The largest absolute Gasteiger partial charge is 0.488 e. The maximum atomic E-state index is 11.5. The summed E-state index contributed by atoms with van der Waals surface area (Å²) in [6.07, 6.45) is -0.718. The monoisotopic (exact) mass is 295 g/mol. The third-order valence-corrected chi connectivity index (χ3v) is 3.73. The number of nitrogens with one attached hydrogen (secondary N) is 1. The summed E-state index contributed by atoms with van der Waals surface area (Å²) in [4.78, 5) is 22.0. The van der Waals surface area contributed by atoms with Gasteiger partial charge >= 0.3 is 13.5 Å². The predicted octanol–water partition coefficient (Wildman–Crippen LogP) is 2.55. The molecule has 0 saturated carbocycles. The molecule has 2 N–H and O–H groups in total. The summed E-state index contributed by atoms with van der Waals surface area (Å²) in [6, 6.07) is 16.1. The lowest BCUT2D eigenvalue weighted by Crippen LogP contribution is -2.33. The molecule has 0 saturated heterocycles. The van der Waals surface area contributed by atoms with Gasteiger partial charge in [0.25, 0.3) is 5.87 Å². The minimum Gasteiger partial charge on any atom is -0.488 e. The zero-order valence-corrected chi connectivity index (χ0v) is 11.8. The van der Waals surface area contributed by atoms with E-state index >= 15 is 0 Å². The Morgan fingerprint density at radius 3 is 2.14 bits per heavy atom. The molecule has 0 unspecified atom stereocenters. The van der Waals surface area contributed by atoms with Gasteiger partial charge in [0.15, 0.2) is 0 Å². The van der Waals surface area contributed by atoms with E-state index in [1.807, 2.05) is 36.4 Å². The lowest BCUT2D eigenvalue weighted by Gasteiger charge is -2.14. The second kappa shape index (κ2) is 5.93. The van der Waals surface area contributed by atoms with Gasteiger partial charge in [-0.25, -0.2) is 4.79 Å². The van der Waals surface area contributed by atoms with Crippen LogP contribution in [-0.2, 0) is 4.74 Å². The highest BCUT2D eigenvalue weighted by molar-refractivity contribution is 6.71. The van der Waals surface area contributed by atoms with Gasteiger partial charge in [0.1, 0.15) is 6.61 Å². The van der Waals surface area contributed by atoms with Crippen LogP contribution < -0.4 is 5.23 Å². The van der Waals surface area contributed by atoms with Crippen molar-refractivity contribution in [3.05, 3.63) is 59.7 Å². The molecule has 0 atom stereocenters. The highest BCUT2D eigenvalue weighted by Crippen LogP contribution is 2.44. The Morgan fingerprint density at radius 1 is 1.05 bits per heavy atom. The standard InChI is InChI=1S/C16H14BNO4/c19-15(20)17-18-16(21)22-9-14-12-7-3-1-5-10(12)11-6-2-4-8-13(11)14/h1-8,14,17H,9H2,(H,18,21)(H,19,20). The summed E-state index contributed by atoms with van der Waals surface area (Å²) in [7, 11) is -0.448. The van der Waals surface area contributed by atoms with Crippen molar-refractivity contribution in [2.45, 2.75) is 5.92 Å². The molecular weight excluding hydrogens is 281 g/mol. The van der Waals surface area contributed by atoms with E-state index in [1.54, 1.807) is 0 Å². The van der Waals surface area contributed by atoms with E-state index in [-0.39, 0.29) is 12.5 Å². The van der Waals surface area contributed by atoms with E-state index in [9.17, 15) is 9.59 Å². The predicted molar refractivity (Wildman–Crippen MR) is 83.4 cm³/mol. The fraction of sp³-hybridized carbons (Fsp3) is 0.125. The summed E-state index contributed by atoms with van der Waals surface area (Å²) in [6.45, 7) is 0.180. The second-order valence-corrected chi connectivity index (χ2v) is 5.07. The highest BCUT2D eigenvalue weighted by atomic mass is 16.5. The van der Waals surface area contributed by atoms with Crippen LogP contribution in [0.5, 0.6) is 0 Å². The zero-order chi connectivity index (χ0) is 15.5. The number of carbonyl (C=O) groups is 2. The quantitative estimate of drug-likeness (QED) is 0.850. The van der Waals surface area contributed by atoms with Crippen molar-refractivity contribution >= 4 is 19.4 Å². The first-order chi connectivity index (χ1) is 10.7. The molecular formula is C16H14BNO4. The maximum Gasteiger partial charge on any atom is 0.395 e. The first-order valence-corrected chi connectivity index (χ1v) is 6.97. The molecule has 0 fully saturated rings. The Kier molecular flexibility index (Phi) is 3.83. The van der Waals surface area contributed by atoms with E-state index in [4.69, 9.17) is 9.84 Å². The van der Waals surface area contributed by atoms with Crippen molar-refractivity contribution in [3.63, 3.8) is 0 Å². The molecule has 1 aliphatic carbocycles. The minimum atomic E-state index is -1.10. The van der Waals surface area contributed by atoms with Gasteiger partial charge < -0.3 is 15.1 Å². The molecule has 0 bridgehead atoms. The lowest BCUT2D eigenvalue weighted by molar-refractivity contribution is 0.149. The van der Waals surface area contributed by atoms with Crippen LogP contribution in [0.2, 0.25) is 0 Å². The molecule has 2 aromatic rings. The van der Waals surface area contributed by atoms with E-state index in [0.29, 0.717) is 0 Å². The number of fused-ring (bicyclic) bond motifs is 3. The normalized spacial score (nSPS) is 12.2. The van der Waals surface area contributed by atoms with Crippen molar-refractivity contribution in [1.29, 1.82) is 0 Å². The van der Waals surface area contributed by atoms with E-state index < -0.39 is 19.4 Å². The van der Waals surface area contributed by atoms with Crippen LogP contribution in [0.1, 0.15) is 17.0 Å². The zero-order valence-electron chi connectivity index (χ0n) is 11.8. The molecule has 6 heteroatoms. The number of rotatable bonds is 4. The van der Waals surface area contributed by atoms with Crippen molar-refractivity contribution < 1.29 is 19.4 Å². The van der Waals surface area contributed by atoms with Crippen LogP contribution in [0.4, 0.5) is 9.59 Å². The van der Waals surface area contributed by atoms with Gasteiger partial charge in [0, 0.05) is 5.92 Å². The van der Waals surface area contributed by atoms with Crippen LogP contribution in [0.25, 0.3) is 11.1 Å². The topological polar surface area (TPSA) is 75.6 Å². The Bertz CT molecular complexity index is 686. The van der Waals surface area contributed by atoms with Gasteiger partial charge in [-0.05, 0) is 22.3 Å². The molecule has 3 rings (SSSR count). The molecule has 1 aliphatic rings. The number of hydrogen-bond acceptors (Lipinski definition) is 3. The third-order valence-electron chi connectivity index (χ3n) is 3.73. The molecule has 0 radical (unpaired) electrons. The fourth-order valence-electron chi connectivity index (χ4n) is 2.80. The van der Waals surface area contributed by atoms with Gasteiger partial charge in [-0.15, -0.1) is 0 Å². The smallest absolute Gasteiger partial charge is 0.395 e. The van der Waals surface area contributed by atoms with Crippen LogP contribution in [0, 0.1) is 0 Å².